The van der Waals surface area contributed by atoms with Crippen molar-refractivity contribution in [1.29, 1.82) is 0 Å². The Morgan fingerprint density at radius 1 is 1.00 bits per heavy atom. The molecular formula is C24H33N4O3+. The summed E-state index contributed by atoms with van der Waals surface area (Å²) < 4.78 is 5.21. The lowest BCUT2D eigenvalue weighted by atomic mass is 10.1. The van der Waals surface area contributed by atoms with E-state index in [1.165, 1.54) is 10.5 Å². The number of carbonyl (C=O) groups excluding carboxylic acids is 2. The molecule has 31 heavy (non-hydrogen) atoms. The zero-order valence-corrected chi connectivity index (χ0v) is 18.6. The Kier molecular flexibility index (Phi) is 7.89. The number of carbonyl (C=O) groups is 2. The van der Waals surface area contributed by atoms with Gasteiger partial charge in [-0.3, -0.25) is 4.79 Å². The molecule has 2 aromatic carbocycles. The second-order valence-corrected chi connectivity index (χ2v) is 8.25. The Bertz CT molecular complexity index is 857. The number of hydrogen-bond acceptors (Lipinski definition) is 3. The molecule has 0 aliphatic carbocycles. The molecule has 0 spiro atoms. The Morgan fingerprint density at radius 3 is 2.19 bits per heavy atom. The van der Waals surface area contributed by atoms with E-state index in [9.17, 15) is 9.59 Å². The molecule has 7 heteroatoms. The van der Waals surface area contributed by atoms with Crippen LogP contribution in [0.25, 0.3) is 0 Å². The van der Waals surface area contributed by atoms with Gasteiger partial charge in [0.2, 0.25) is 0 Å². The first-order chi connectivity index (χ1) is 14.9. The fourth-order valence-corrected chi connectivity index (χ4v) is 3.68. The summed E-state index contributed by atoms with van der Waals surface area (Å²) in [5.41, 5.74) is 2.93. The lowest BCUT2D eigenvalue weighted by molar-refractivity contribution is -0.917. The number of nitrogens with one attached hydrogen (secondary N) is 3. The van der Waals surface area contributed by atoms with Gasteiger partial charge < -0.3 is 25.2 Å². The van der Waals surface area contributed by atoms with Gasteiger partial charge in [0, 0.05) is 23.7 Å². The molecule has 0 atom stereocenters. The minimum absolute atomic E-state index is 0.0700. The molecule has 0 radical (unpaired) electrons. The van der Waals surface area contributed by atoms with Crippen molar-refractivity contribution in [1.82, 2.24) is 15.5 Å². The Labute approximate surface area is 184 Å². The highest BCUT2D eigenvalue weighted by Crippen LogP contribution is 2.11. The van der Waals surface area contributed by atoms with Crippen LogP contribution in [0.2, 0.25) is 0 Å². The molecule has 2 aromatic rings. The average molecular weight is 426 g/mol. The van der Waals surface area contributed by atoms with E-state index < -0.39 is 0 Å². The Balaban J connectivity index is 1.46. The number of ether oxygens (including phenoxy) is 1. The van der Waals surface area contributed by atoms with Crippen LogP contribution in [0.1, 0.15) is 35.3 Å². The highest BCUT2D eigenvalue weighted by molar-refractivity contribution is 5.94. The molecule has 0 aromatic heterocycles. The number of benzene rings is 2. The third-order valence-electron chi connectivity index (χ3n) is 5.44. The second kappa shape index (κ2) is 10.8. The van der Waals surface area contributed by atoms with E-state index in [-0.39, 0.29) is 18.0 Å². The van der Waals surface area contributed by atoms with Gasteiger partial charge in [0.25, 0.3) is 5.91 Å². The van der Waals surface area contributed by atoms with Crippen molar-refractivity contribution in [3.05, 3.63) is 65.2 Å². The third-order valence-corrected chi connectivity index (χ3v) is 5.44. The third kappa shape index (κ3) is 6.72. The van der Waals surface area contributed by atoms with E-state index in [1.54, 1.807) is 7.11 Å². The molecule has 1 aliphatic heterocycles. The van der Waals surface area contributed by atoms with Gasteiger partial charge in [0.15, 0.2) is 0 Å². The summed E-state index contributed by atoms with van der Waals surface area (Å²) in [5, 5.41) is 5.61. The molecule has 0 unspecified atom stereocenters. The number of piperazine rings is 1. The van der Waals surface area contributed by atoms with Crippen molar-refractivity contribution < 1.29 is 19.2 Å². The van der Waals surface area contributed by atoms with Crippen molar-refractivity contribution in [3.8, 4) is 5.75 Å². The molecular weight excluding hydrogens is 392 g/mol. The summed E-state index contributed by atoms with van der Waals surface area (Å²) in [7, 11) is 1.67. The highest BCUT2D eigenvalue weighted by Gasteiger charge is 2.24. The van der Waals surface area contributed by atoms with Crippen LogP contribution in [0, 0.1) is 0 Å². The first kappa shape index (κ1) is 22.6. The molecule has 1 heterocycles. The summed E-state index contributed by atoms with van der Waals surface area (Å²) in [6.45, 7) is 8.60. The van der Waals surface area contributed by atoms with Gasteiger partial charge >= 0.3 is 6.03 Å². The predicted octanol–water partition coefficient (Wildman–Crippen LogP) is 1.44. The number of quaternary nitrogens is 1. The summed E-state index contributed by atoms with van der Waals surface area (Å²) >= 11 is 0. The van der Waals surface area contributed by atoms with Crippen LogP contribution >= 0.6 is 0 Å². The standard InChI is InChI=1S/C24H32N4O3/c1-18(2)26-24(30)25-16-19-4-8-21(9-5-19)23(29)28-14-12-27(13-15-28)17-20-6-10-22(31-3)11-7-20/h4-11,18H,12-17H2,1-3H3,(H2,25,26,30)/p+1. The summed E-state index contributed by atoms with van der Waals surface area (Å²) in [6, 6.07) is 15.6. The SMILES string of the molecule is COc1ccc(C[NH+]2CCN(C(=O)c3ccc(CNC(=O)NC(C)C)cc3)CC2)cc1. The lowest BCUT2D eigenvalue weighted by Crippen LogP contribution is -3.13. The van der Waals surface area contributed by atoms with E-state index in [4.69, 9.17) is 4.74 Å². The van der Waals surface area contributed by atoms with Crippen LogP contribution in [-0.2, 0) is 13.1 Å². The van der Waals surface area contributed by atoms with Gasteiger partial charge in [0.1, 0.15) is 12.3 Å². The van der Waals surface area contributed by atoms with Gasteiger partial charge in [-0.2, -0.15) is 0 Å². The summed E-state index contributed by atoms with van der Waals surface area (Å²) in [5.74, 6) is 0.940. The molecule has 0 bridgehead atoms. The molecule has 1 fully saturated rings. The topological polar surface area (TPSA) is 75.1 Å². The van der Waals surface area contributed by atoms with E-state index in [1.807, 2.05) is 55.1 Å². The molecule has 0 saturated carbocycles. The number of urea groups is 1. The van der Waals surface area contributed by atoms with Crippen LogP contribution in [0.3, 0.4) is 0 Å². The minimum Gasteiger partial charge on any atom is -0.497 e. The highest BCUT2D eigenvalue weighted by atomic mass is 16.5. The maximum atomic E-state index is 12.9. The van der Waals surface area contributed by atoms with Crippen molar-refractivity contribution in [2.75, 3.05) is 33.3 Å². The Hall–Kier alpha value is -3.06. The van der Waals surface area contributed by atoms with E-state index in [0.29, 0.717) is 12.1 Å². The molecule has 7 nitrogen and oxygen atoms in total. The van der Waals surface area contributed by atoms with Crippen molar-refractivity contribution in [2.45, 2.75) is 33.0 Å². The van der Waals surface area contributed by atoms with Crippen LogP contribution in [0.15, 0.2) is 48.5 Å². The lowest BCUT2D eigenvalue weighted by Gasteiger charge is -2.32. The first-order valence-corrected chi connectivity index (χ1v) is 10.8. The predicted molar refractivity (Wildman–Crippen MR) is 120 cm³/mol. The van der Waals surface area contributed by atoms with Gasteiger partial charge in [-0.05, 0) is 55.8 Å². The van der Waals surface area contributed by atoms with Gasteiger partial charge in [-0.15, -0.1) is 0 Å². The molecule has 166 valence electrons. The second-order valence-electron chi connectivity index (χ2n) is 8.25. The van der Waals surface area contributed by atoms with Crippen molar-refractivity contribution in [3.63, 3.8) is 0 Å². The van der Waals surface area contributed by atoms with E-state index >= 15 is 0 Å². The smallest absolute Gasteiger partial charge is 0.315 e. The van der Waals surface area contributed by atoms with Gasteiger partial charge in [-0.1, -0.05) is 12.1 Å². The van der Waals surface area contributed by atoms with Crippen molar-refractivity contribution >= 4 is 11.9 Å². The molecule has 3 N–H and O–H groups in total. The minimum atomic E-state index is -0.190. The maximum absolute atomic E-state index is 12.9. The van der Waals surface area contributed by atoms with Crippen LogP contribution in [0.4, 0.5) is 4.79 Å². The van der Waals surface area contributed by atoms with E-state index in [0.717, 1.165) is 44.0 Å². The zero-order chi connectivity index (χ0) is 22.2. The average Bonchev–Trinajstić information content (AvgIpc) is 2.78. The number of rotatable bonds is 7. The van der Waals surface area contributed by atoms with E-state index in [2.05, 4.69) is 22.8 Å². The van der Waals surface area contributed by atoms with Gasteiger partial charge in [-0.25, -0.2) is 4.79 Å². The maximum Gasteiger partial charge on any atom is 0.315 e. The molecule has 3 rings (SSSR count). The molecule has 1 saturated heterocycles. The fraction of sp³-hybridized carbons (Fsp3) is 0.417. The molecule has 1 aliphatic rings. The Morgan fingerprint density at radius 2 is 1.61 bits per heavy atom. The zero-order valence-electron chi connectivity index (χ0n) is 18.6. The van der Waals surface area contributed by atoms with Crippen LogP contribution in [-0.4, -0.2) is 56.2 Å². The quantitative estimate of drug-likeness (QED) is 0.629. The first-order valence-electron chi connectivity index (χ1n) is 10.8. The largest absolute Gasteiger partial charge is 0.497 e. The molecule has 3 amide bonds. The fourth-order valence-electron chi connectivity index (χ4n) is 3.68. The monoisotopic (exact) mass is 425 g/mol. The van der Waals surface area contributed by atoms with Crippen LogP contribution < -0.4 is 20.3 Å². The number of hydrogen-bond donors (Lipinski definition) is 3. The van der Waals surface area contributed by atoms with Crippen molar-refractivity contribution in [2.24, 2.45) is 0 Å². The number of nitrogens with zero attached hydrogens (tertiary/aromatic N) is 1. The summed E-state index contributed by atoms with van der Waals surface area (Å²) in [4.78, 5) is 28.0. The number of amides is 3. The normalized spacial score (nSPS) is 14.4. The number of methoxy groups -OCH3 is 1. The van der Waals surface area contributed by atoms with Gasteiger partial charge in [0.05, 0.1) is 33.3 Å². The van der Waals surface area contributed by atoms with Crippen LogP contribution in [0.5, 0.6) is 5.75 Å². The summed E-state index contributed by atoms with van der Waals surface area (Å²) in [6.07, 6.45) is 0.